The summed E-state index contributed by atoms with van der Waals surface area (Å²) in [5.41, 5.74) is 0.489. The van der Waals surface area contributed by atoms with Crippen LogP contribution in [0.4, 0.5) is 0 Å². The fourth-order valence-electron chi connectivity index (χ4n) is 2.31. The van der Waals surface area contributed by atoms with Crippen molar-refractivity contribution in [2.24, 2.45) is 0 Å². The minimum Gasteiger partial charge on any atom is -0.477 e. The van der Waals surface area contributed by atoms with Crippen molar-refractivity contribution in [3.05, 3.63) is 15.6 Å². The predicted molar refractivity (Wildman–Crippen MR) is 80.8 cm³/mol. The first-order valence-corrected chi connectivity index (χ1v) is 7.86. The number of carboxylic acids is 1. The van der Waals surface area contributed by atoms with Crippen LogP contribution in [-0.2, 0) is 11.8 Å². The average Bonchev–Trinajstić information content (AvgIpc) is 2.82. The van der Waals surface area contributed by atoms with Crippen LogP contribution >= 0.6 is 11.3 Å². The van der Waals surface area contributed by atoms with Crippen LogP contribution in [0.25, 0.3) is 0 Å². The van der Waals surface area contributed by atoms with Gasteiger partial charge in [0.05, 0.1) is 10.7 Å². The monoisotopic (exact) mass is 297 g/mol. The summed E-state index contributed by atoms with van der Waals surface area (Å²) in [6.07, 6.45) is 0.834. The van der Waals surface area contributed by atoms with Crippen LogP contribution in [0.3, 0.4) is 0 Å². The zero-order chi connectivity index (χ0) is 14.8. The van der Waals surface area contributed by atoms with Crippen LogP contribution in [0, 0.1) is 0 Å². The quantitative estimate of drug-likeness (QED) is 0.883. The zero-order valence-electron chi connectivity index (χ0n) is 12.4. The molecule has 20 heavy (non-hydrogen) atoms. The van der Waals surface area contributed by atoms with E-state index in [1.165, 1.54) is 11.3 Å². The molecule has 2 N–H and O–H groups in total. The molecule has 1 saturated heterocycles. The molecule has 0 radical (unpaired) electrons. The summed E-state index contributed by atoms with van der Waals surface area (Å²) in [5, 5.41) is 13.6. The van der Waals surface area contributed by atoms with Gasteiger partial charge < -0.3 is 15.3 Å². The molecule has 5 nitrogen and oxygen atoms in total. The number of carbonyl (C=O) groups is 1. The van der Waals surface area contributed by atoms with Crippen molar-refractivity contribution in [3.8, 4) is 0 Å². The molecular formula is C14H23N3O2S. The number of aromatic nitrogens is 1. The number of piperazine rings is 1. The van der Waals surface area contributed by atoms with Gasteiger partial charge in [-0.3, -0.25) is 0 Å². The lowest BCUT2D eigenvalue weighted by atomic mass is 9.91. The van der Waals surface area contributed by atoms with E-state index >= 15 is 0 Å². The molecule has 1 aromatic rings. The highest BCUT2D eigenvalue weighted by atomic mass is 32.1. The lowest BCUT2D eigenvalue weighted by molar-refractivity contribution is 0.0699. The maximum Gasteiger partial charge on any atom is 0.347 e. The SMILES string of the molecule is CC(C)(C)c1nc(CCN2CCNCC2)sc1C(=O)O. The second-order valence-corrected chi connectivity index (χ2v) is 7.27. The van der Waals surface area contributed by atoms with Gasteiger partial charge in [0, 0.05) is 44.6 Å². The van der Waals surface area contributed by atoms with Gasteiger partial charge in [0.1, 0.15) is 4.88 Å². The molecule has 0 saturated carbocycles. The van der Waals surface area contributed by atoms with Crippen molar-refractivity contribution < 1.29 is 9.90 Å². The average molecular weight is 297 g/mol. The van der Waals surface area contributed by atoms with E-state index in [-0.39, 0.29) is 5.41 Å². The number of hydrogen-bond acceptors (Lipinski definition) is 5. The number of rotatable bonds is 4. The van der Waals surface area contributed by atoms with Gasteiger partial charge in [-0.05, 0) is 0 Å². The molecule has 1 aliphatic rings. The molecule has 0 aliphatic carbocycles. The Morgan fingerprint density at radius 3 is 2.55 bits per heavy atom. The summed E-state index contributed by atoms with van der Waals surface area (Å²) in [6, 6.07) is 0. The number of nitrogens with one attached hydrogen (secondary N) is 1. The molecule has 1 fully saturated rings. The van der Waals surface area contributed by atoms with E-state index < -0.39 is 5.97 Å². The van der Waals surface area contributed by atoms with Crippen LogP contribution in [0.2, 0.25) is 0 Å². The highest BCUT2D eigenvalue weighted by Crippen LogP contribution is 2.29. The smallest absolute Gasteiger partial charge is 0.347 e. The Labute approximate surface area is 124 Å². The topological polar surface area (TPSA) is 65.5 Å². The molecule has 0 unspecified atom stereocenters. The first-order chi connectivity index (χ1) is 9.38. The lowest BCUT2D eigenvalue weighted by Gasteiger charge is -2.26. The molecular weight excluding hydrogens is 274 g/mol. The standard InChI is InChI=1S/C14H23N3O2S/c1-14(2,3)12-11(13(18)19)20-10(16-12)4-7-17-8-5-15-6-9-17/h15H,4-9H2,1-3H3,(H,18,19). The Morgan fingerprint density at radius 2 is 2.05 bits per heavy atom. The minimum absolute atomic E-state index is 0.225. The van der Waals surface area contributed by atoms with Crippen molar-refractivity contribution in [2.75, 3.05) is 32.7 Å². The van der Waals surface area contributed by atoms with Gasteiger partial charge in [-0.2, -0.15) is 0 Å². The lowest BCUT2D eigenvalue weighted by Crippen LogP contribution is -2.44. The van der Waals surface area contributed by atoms with Crippen molar-refractivity contribution in [1.82, 2.24) is 15.2 Å². The molecule has 1 aliphatic heterocycles. The molecule has 112 valence electrons. The molecule has 6 heteroatoms. The summed E-state index contributed by atoms with van der Waals surface area (Å²) >= 11 is 1.33. The summed E-state index contributed by atoms with van der Waals surface area (Å²) < 4.78 is 0. The summed E-state index contributed by atoms with van der Waals surface area (Å²) in [7, 11) is 0. The van der Waals surface area contributed by atoms with Crippen LogP contribution < -0.4 is 5.32 Å². The van der Waals surface area contributed by atoms with Gasteiger partial charge in [0.2, 0.25) is 0 Å². The van der Waals surface area contributed by atoms with Crippen molar-refractivity contribution >= 4 is 17.3 Å². The molecule has 0 aromatic carbocycles. The summed E-state index contributed by atoms with van der Waals surface area (Å²) in [6.45, 7) is 11.2. The molecule has 2 heterocycles. The minimum atomic E-state index is -0.860. The fraction of sp³-hybridized carbons (Fsp3) is 0.714. The number of carboxylic acid groups (broad SMARTS) is 1. The molecule has 1 aromatic heterocycles. The van der Waals surface area contributed by atoms with Crippen molar-refractivity contribution in [1.29, 1.82) is 0 Å². The van der Waals surface area contributed by atoms with Crippen LogP contribution in [0.15, 0.2) is 0 Å². The van der Waals surface area contributed by atoms with Gasteiger partial charge in [0.25, 0.3) is 0 Å². The number of hydrogen-bond donors (Lipinski definition) is 2. The van der Waals surface area contributed by atoms with E-state index in [1.54, 1.807) is 0 Å². The van der Waals surface area contributed by atoms with Gasteiger partial charge in [-0.15, -0.1) is 11.3 Å². The Kier molecular flexibility index (Phi) is 4.78. The Morgan fingerprint density at radius 1 is 1.40 bits per heavy atom. The molecule has 0 amide bonds. The second kappa shape index (κ2) is 6.20. The van der Waals surface area contributed by atoms with E-state index in [9.17, 15) is 9.90 Å². The highest BCUT2D eigenvalue weighted by Gasteiger charge is 2.26. The van der Waals surface area contributed by atoms with Gasteiger partial charge in [-0.1, -0.05) is 20.8 Å². The summed E-state index contributed by atoms with van der Waals surface area (Å²) in [4.78, 5) is 18.7. The Balaban J connectivity index is 2.06. The van der Waals surface area contributed by atoms with Crippen LogP contribution in [0.5, 0.6) is 0 Å². The maximum absolute atomic E-state index is 11.3. The van der Waals surface area contributed by atoms with Crippen LogP contribution in [-0.4, -0.2) is 53.7 Å². The molecule has 0 bridgehead atoms. The summed E-state index contributed by atoms with van der Waals surface area (Å²) in [5.74, 6) is -0.860. The molecule has 0 atom stereocenters. The van der Waals surface area contributed by atoms with Crippen molar-refractivity contribution in [2.45, 2.75) is 32.6 Å². The fourth-order valence-corrected chi connectivity index (χ4v) is 3.41. The highest BCUT2D eigenvalue weighted by molar-refractivity contribution is 7.13. The third kappa shape index (κ3) is 3.77. The zero-order valence-corrected chi connectivity index (χ0v) is 13.2. The number of thiazole rings is 1. The largest absolute Gasteiger partial charge is 0.477 e. The first kappa shape index (κ1) is 15.4. The van der Waals surface area contributed by atoms with E-state index in [1.807, 2.05) is 20.8 Å². The van der Waals surface area contributed by atoms with E-state index in [0.717, 1.165) is 44.2 Å². The van der Waals surface area contributed by atoms with Gasteiger partial charge >= 0.3 is 5.97 Å². The number of nitrogens with zero attached hydrogens (tertiary/aromatic N) is 2. The van der Waals surface area contributed by atoms with Crippen molar-refractivity contribution in [3.63, 3.8) is 0 Å². The first-order valence-electron chi connectivity index (χ1n) is 7.04. The number of aromatic carboxylic acids is 1. The van der Waals surface area contributed by atoms with Gasteiger partial charge in [-0.25, -0.2) is 9.78 Å². The molecule has 0 spiro atoms. The van der Waals surface area contributed by atoms with E-state index in [2.05, 4.69) is 15.2 Å². The third-order valence-corrected chi connectivity index (χ3v) is 4.53. The molecule has 2 rings (SSSR count). The third-order valence-electron chi connectivity index (χ3n) is 3.43. The van der Waals surface area contributed by atoms with Crippen LogP contribution in [0.1, 0.15) is 41.1 Å². The normalized spacial score (nSPS) is 17.4. The predicted octanol–water partition coefficient (Wildman–Crippen LogP) is 1.59. The maximum atomic E-state index is 11.3. The van der Waals surface area contributed by atoms with E-state index in [0.29, 0.717) is 10.6 Å². The second-order valence-electron chi connectivity index (χ2n) is 6.18. The Bertz CT molecular complexity index is 473. The Hall–Kier alpha value is -0.980. The van der Waals surface area contributed by atoms with Gasteiger partial charge in [0.15, 0.2) is 0 Å². The van der Waals surface area contributed by atoms with E-state index in [4.69, 9.17) is 0 Å².